The van der Waals surface area contributed by atoms with Gasteiger partial charge in [-0.3, -0.25) is 9.59 Å². The number of urea groups is 1. The molecule has 1 unspecified atom stereocenters. The molecule has 5 rings (SSSR count). The Balaban J connectivity index is 1.42. The highest BCUT2D eigenvalue weighted by Gasteiger charge is 2.55. The molecule has 2 aliphatic heterocycles. The van der Waals surface area contributed by atoms with Crippen molar-refractivity contribution in [2.45, 2.75) is 56.1 Å². The van der Waals surface area contributed by atoms with Crippen LogP contribution < -0.4 is 10.6 Å². The Labute approximate surface area is 239 Å². The van der Waals surface area contributed by atoms with Gasteiger partial charge >= 0.3 is 6.03 Å². The van der Waals surface area contributed by atoms with Gasteiger partial charge in [0.2, 0.25) is 5.91 Å². The van der Waals surface area contributed by atoms with Gasteiger partial charge in [0.1, 0.15) is 0 Å². The molecule has 0 radical (unpaired) electrons. The summed E-state index contributed by atoms with van der Waals surface area (Å²) in [5.41, 5.74) is 1.06. The SMILES string of the molecule is CN(C)C(=O)N1CCC(NCC(=O)N(C2CCC2)C2(Cc3cccc(Cl)c3)C(=O)Nc3cc(Cl)ccc32)CC1. The Morgan fingerprint density at radius 3 is 2.41 bits per heavy atom. The van der Waals surface area contributed by atoms with E-state index in [9.17, 15) is 14.4 Å². The summed E-state index contributed by atoms with van der Waals surface area (Å²) in [6.45, 7) is 1.41. The third-order valence-corrected chi connectivity index (χ3v) is 8.68. The second-order valence-electron chi connectivity index (χ2n) is 11.0. The van der Waals surface area contributed by atoms with Crippen LogP contribution in [0.3, 0.4) is 0 Å². The average Bonchev–Trinajstić information content (AvgIpc) is 3.14. The Morgan fingerprint density at radius 1 is 1.05 bits per heavy atom. The number of halogens is 2. The maximum Gasteiger partial charge on any atom is 0.319 e. The van der Waals surface area contributed by atoms with Crippen molar-refractivity contribution < 1.29 is 14.4 Å². The van der Waals surface area contributed by atoms with Gasteiger partial charge in [-0.2, -0.15) is 0 Å². The van der Waals surface area contributed by atoms with Crippen LogP contribution >= 0.6 is 23.2 Å². The first kappa shape index (κ1) is 27.7. The largest absolute Gasteiger partial charge is 0.331 e. The third kappa shape index (κ3) is 5.47. The van der Waals surface area contributed by atoms with Crippen LogP contribution in [-0.2, 0) is 21.5 Å². The molecule has 2 aromatic carbocycles. The minimum atomic E-state index is -1.21. The van der Waals surface area contributed by atoms with Crippen LogP contribution in [0.15, 0.2) is 42.5 Å². The fourth-order valence-corrected chi connectivity index (χ4v) is 6.40. The second-order valence-corrected chi connectivity index (χ2v) is 11.9. The average molecular weight is 573 g/mol. The normalized spacial score (nSPS) is 21.2. The lowest BCUT2D eigenvalue weighted by Gasteiger charge is -2.48. The topological polar surface area (TPSA) is 85.0 Å². The van der Waals surface area contributed by atoms with E-state index in [0.717, 1.165) is 43.2 Å². The quantitative estimate of drug-likeness (QED) is 0.512. The smallest absolute Gasteiger partial charge is 0.319 e. The minimum Gasteiger partial charge on any atom is -0.331 e. The molecule has 2 heterocycles. The molecule has 1 saturated heterocycles. The van der Waals surface area contributed by atoms with Gasteiger partial charge in [0.25, 0.3) is 5.91 Å². The number of nitrogens with one attached hydrogen (secondary N) is 2. The number of hydrogen-bond acceptors (Lipinski definition) is 4. The van der Waals surface area contributed by atoms with E-state index in [1.807, 2.05) is 34.1 Å². The number of carbonyl (C=O) groups excluding carboxylic acids is 3. The maximum absolute atomic E-state index is 14.1. The number of hydrogen-bond donors (Lipinski definition) is 2. The molecule has 2 fully saturated rings. The van der Waals surface area contributed by atoms with Crippen LogP contribution in [0.25, 0.3) is 0 Å². The van der Waals surface area contributed by atoms with E-state index in [1.165, 1.54) is 0 Å². The molecule has 1 saturated carbocycles. The molecular formula is C29H35Cl2N5O3. The van der Waals surface area contributed by atoms with Crippen LogP contribution in [0.1, 0.15) is 43.2 Å². The highest BCUT2D eigenvalue weighted by molar-refractivity contribution is 6.31. The van der Waals surface area contributed by atoms with Crippen LogP contribution in [0.5, 0.6) is 0 Å². The molecule has 208 valence electrons. The first-order valence-corrected chi connectivity index (χ1v) is 14.3. The zero-order chi connectivity index (χ0) is 27.7. The molecule has 1 aliphatic carbocycles. The summed E-state index contributed by atoms with van der Waals surface area (Å²) in [6, 6.07) is 13.0. The highest BCUT2D eigenvalue weighted by Crippen LogP contribution is 2.47. The minimum absolute atomic E-state index is 0.00894. The third-order valence-electron chi connectivity index (χ3n) is 8.21. The molecular weight excluding hydrogens is 537 g/mol. The lowest BCUT2D eigenvalue weighted by molar-refractivity contribution is -0.151. The van der Waals surface area contributed by atoms with E-state index in [1.54, 1.807) is 37.2 Å². The summed E-state index contributed by atoms with van der Waals surface area (Å²) in [6.07, 6.45) is 4.57. The number of anilines is 1. The van der Waals surface area contributed by atoms with Crippen molar-refractivity contribution in [3.63, 3.8) is 0 Å². The number of likely N-dealkylation sites (tertiary alicyclic amines) is 1. The second kappa shape index (κ2) is 11.4. The molecule has 4 amide bonds. The molecule has 1 atom stereocenters. The number of amides is 4. The fraction of sp³-hybridized carbons (Fsp3) is 0.483. The Bertz CT molecular complexity index is 1260. The molecule has 2 aromatic rings. The molecule has 8 nitrogen and oxygen atoms in total. The van der Waals surface area contributed by atoms with E-state index in [0.29, 0.717) is 35.2 Å². The number of piperidine rings is 1. The standard InChI is InChI=1S/C29H35Cl2N5O3/c1-34(2)28(39)35-13-11-22(12-14-35)32-18-26(37)36(23-7-4-8-23)29(17-19-5-3-6-20(30)15-19)24-10-9-21(31)16-25(24)33-27(29)38/h3,5-6,9-10,15-16,22-23,32H,4,7-8,11-14,17-18H2,1-2H3,(H,33,38). The van der Waals surface area contributed by atoms with Crippen molar-refractivity contribution in [2.24, 2.45) is 0 Å². The van der Waals surface area contributed by atoms with Crippen molar-refractivity contribution >= 4 is 46.7 Å². The van der Waals surface area contributed by atoms with E-state index in [-0.39, 0.29) is 36.5 Å². The molecule has 0 bridgehead atoms. The summed E-state index contributed by atoms with van der Waals surface area (Å²) >= 11 is 12.6. The molecule has 0 aromatic heterocycles. The van der Waals surface area contributed by atoms with Gasteiger partial charge < -0.3 is 25.3 Å². The van der Waals surface area contributed by atoms with Crippen molar-refractivity contribution in [2.75, 3.05) is 39.0 Å². The summed E-state index contributed by atoms with van der Waals surface area (Å²) in [5.74, 6) is -0.332. The number of nitrogens with zero attached hydrogens (tertiary/aromatic N) is 3. The van der Waals surface area contributed by atoms with Gasteiger partial charge in [0.15, 0.2) is 5.54 Å². The Kier molecular flexibility index (Phi) is 8.08. The van der Waals surface area contributed by atoms with Gasteiger partial charge in [0.05, 0.1) is 6.54 Å². The summed E-state index contributed by atoms with van der Waals surface area (Å²) in [5, 5.41) is 7.56. The van der Waals surface area contributed by atoms with Crippen molar-refractivity contribution in [1.82, 2.24) is 20.0 Å². The van der Waals surface area contributed by atoms with Gasteiger partial charge in [-0.1, -0.05) is 41.4 Å². The first-order chi connectivity index (χ1) is 18.7. The van der Waals surface area contributed by atoms with Crippen LogP contribution in [0, 0.1) is 0 Å². The Hall–Kier alpha value is -2.81. The van der Waals surface area contributed by atoms with Crippen LogP contribution in [0.4, 0.5) is 10.5 Å². The van der Waals surface area contributed by atoms with Gasteiger partial charge in [-0.25, -0.2) is 4.79 Å². The summed E-state index contributed by atoms with van der Waals surface area (Å²) in [4.78, 5) is 45.6. The molecule has 3 aliphatic rings. The monoisotopic (exact) mass is 571 g/mol. The first-order valence-electron chi connectivity index (χ1n) is 13.6. The van der Waals surface area contributed by atoms with Crippen molar-refractivity contribution in [3.05, 3.63) is 63.6 Å². The number of carbonyl (C=O) groups is 3. The highest BCUT2D eigenvalue weighted by atomic mass is 35.5. The molecule has 10 heteroatoms. The van der Waals surface area contributed by atoms with Crippen LogP contribution in [0.2, 0.25) is 10.0 Å². The van der Waals surface area contributed by atoms with E-state index >= 15 is 0 Å². The predicted molar refractivity (Wildman–Crippen MR) is 153 cm³/mol. The maximum atomic E-state index is 14.1. The van der Waals surface area contributed by atoms with Gasteiger partial charge in [-0.05, 0) is 61.9 Å². The lowest BCUT2D eigenvalue weighted by atomic mass is 9.78. The van der Waals surface area contributed by atoms with Gasteiger partial charge in [0, 0.05) is 67.0 Å². The van der Waals surface area contributed by atoms with Crippen molar-refractivity contribution in [3.8, 4) is 0 Å². The molecule has 2 N–H and O–H groups in total. The van der Waals surface area contributed by atoms with Crippen molar-refractivity contribution in [1.29, 1.82) is 0 Å². The van der Waals surface area contributed by atoms with Gasteiger partial charge in [-0.15, -0.1) is 0 Å². The van der Waals surface area contributed by atoms with E-state index in [2.05, 4.69) is 10.6 Å². The molecule has 39 heavy (non-hydrogen) atoms. The van der Waals surface area contributed by atoms with E-state index < -0.39 is 5.54 Å². The fourth-order valence-electron chi connectivity index (χ4n) is 6.02. The lowest BCUT2D eigenvalue weighted by Crippen LogP contribution is -2.62. The summed E-state index contributed by atoms with van der Waals surface area (Å²) in [7, 11) is 3.51. The molecule has 0 spiro atoms. The van der Waals surface area contributed by atoms with Crippen LogP contribution in [-0.4, -0.2) is 78.4 Å². The predicted octanol–water partition coefficient (Wildman–Crippen LogP) is 4.50. The number of rotatable bonds is 7. The summed E-state index contributed by atoms with van der Waals surface area (Å²) < 4.78 is 0. The van der Waals surface area contributed by atoms with E-state index in [4.69, 9.17) is 23.2 Å². The zero-order valence-corrected chi connectivity index (χ0v) is 23.9. The number of benzene rings is 2. The Morgan fingerprint density at radius 2 is 1.77 bits per heavy atom. The zero-order valence-electron chi connectivity index (χ0n) is 22.4. The number of fused-ring (bicyclic) bond motifs is 1.